The molecule has 0 saturated heterocycles. The monoisotopic (exact) mass is 406 g/mol. The van der Waals surface area contributed by atoms with Crippen molar-refractivity contribution in [2.24, 2.45) is 11.3 Å². The van der Waals surface area contributed by atoms with E-state index in [4.69, 9.17) is 0 Å². The first kappa shape index (κ1) is 18.9. The number of halogens is 3. The summed E-state index contributed by atoms with van der Waals surface area (Å²) in [5, 5.41) is 0. The van der Waals surface area contributed by atoms with Crippen molar-refractivity contribution in [3.8, 4) is 0 Å². The Hall–Kier alpha value is -0.125. The normalized spacial score (nSPS) is 21.2. The number of hydrogen-bond donors (Lipinski definition) is 0. The van der Waals surface area contributed by atoms with Crippen molar-refractivity contribution in [2.75, 3.05) is 0 Å². The summed E-state index contributed by atoms with van der Waals surface area (Å²) < 4.78 is 28.3. The van der Waals surface area contributed by atoms with Gasteiger partial charge in [0.2, 0.25) is 4.57 Å². The van der Waals surface area contributed by atoms with E-state index in [-0.39, 0.29) is 10.5 Å². The van der Waals surface area contributed by atoms with E-state index in [1.54, 1.807) is 0 Å². The average molecular weight is 406 g/mol. The fraction of sp³-hybridized carbons (Fsp3) is 0.647. The lowest BCUT2D eigenvalue weighted by molar-refractivity contribution is 0.244. The third kappa shape index (κ3) is 5.53. The predicted octanol–water partition coefficient (Wildman–Crippen LogP) is 6.84. The Bertz CT molecular complexity index is 428. The maximum absolute atomic E-state index is 14.1. The lowest BCUT2D eigenvalue weighted by Crippen LogP contribution is -2.24. The fourth-order valence-corrected chi connectivity index (χ4v) is 3.84. The molecule has 0 aromatic rings. The highest BCUT2D eigenvalue weighted by Gasteiger charge is 2.31. The molecule has 0 aromatic carbocycles. The van der Waals surface area contributed by atoms with Crippen LogP contribution >= 0.6 is 22.4 Å². The summed E-state index contributed by atoms with van der Waals surface area (Å²) in [7, 11) is 0. The highest BCUT2D eigenvalue weighted by Crippen LogP contribution is 2.43. The van der Waals surface area contributed by atoms with Gasteiger partial charge >= 0.3 is 0 Å². The molecule has 0 N–H and O–H groups in total. The molecular weight excluding hydrogens is 380 g/mol. The Morgan fingerprint density at radius 2 is 1.81 bits per heavy atom. The number of hydrogen-bond acceptors (Lipinski definition) is 0. The van der Waals surface area contributed by atoms with Crippen LogP contribution in [0.1, 0.15) is 53.4 Å². The molecule has 1 rings (SSSR count). The highest BCUT2D eigenvalue weighted by molar-refractivity contribution is 14.1. The van der Waals surface area contributed by atoms with Crippen LogP contribution in [0.4, 0.5) is 8.78 Å². The van der Waals surface area contributed by atoms with Crippen LogP contribution in [0.25, 0.3) is 0 Å². The second-order valence-electron chi connectivity index (χ2n) is 7.09. The van der Waals surface area contributed by atoms with Crippen LogP contribution in [0.5, 0.6) is 0 Å². The van der Waals surface area contributed by atoms with Gasteiger partial charge in [-0.15, -0.1) is 22.4 Å². The van der Waals surface area contributed by atoms with Gasteiger partial charge in [0.25, 0.3) is 0 Å². The first-order valence-corrected chi connectivity index (χ1v) is 8.96. The van der Waals surface area contributed by atoms with Crippen molar-refractivity contribution in [1.82, 2.24) is 0 Å². The van der Waals surface area contributed by atoms with Gasteiger partial charge in [0.05, 0.1) is 0 Å². The van der Waals surface area contributed by atoms with Gasteiger partial charge in [0.1, 0.15) is 5.83 Å². The molecule has 0 unspecified atom stereocenters. The van der Waals surface area contributed by atoms with Crippen molar-refractivity contribution in [3.05, 3.63) is 35.9 Å². The minimum absolute atomic E-state index is 0.0441. The van der Waals surface area contributed by atoms with Crippen LogP contribution in [-0.2, 0) is 0 Å². The molecule has 1 aliphatic rings. The lowest BCUT2D eigenvalue weighted by Gasteiger charge is -2.35. The number of allylic oxidation sites excluding steroid dienone is 4. The van der Waals surface area contributed by atoms with Crippen LogP contribution in [0, 0.1) is 11.3 Å². The molecule has 0 nitrogen and oxygen atoms in total. The third-order valence-electron chi connectivity index (χ3n) is 4.44. The molecule has 0 atom stereocenters. The van der Waals surface area contributed by atoms with E-state index >= 15 is 0 Å². The summed E-state index contributed by atoms with van der Waals surface area (Å²) >= 11 is 2.24. The summed E-state index contributed by atoms with van der Waals surface area (Å²) in [5.41, 5.74) is 0.741. The quantitative estimate of drug-likeness (QED) is 0.266. The zero-order valence-electron chi connectivity index (χ0n) is 13.6. The molecule has 4 heteroatoms. The Labute approximate surface area is 142 Å². The van der Waals surface area contributed by atoms with Crippen molar-refractivity contribution in [2.45, 2.75) is 59.2 Å². The Morgan fingerprint density at radius 3 is 2.24 bits per heavy atom. The third-order valence-corrected chi connectivity index (χ3v) is 5.82. The molecule has 1 fully saturated rings. The predicted molar refractivity (Wildman–Crippen MR) is 98.1 cm³/mol. The molecule has 0 bridgehead atoms. The maximum atomic E-state index is 14.1. The van der Waals surface area contributed by atoms with Crippen LogP contribution < -0.4 is 0 Å². The Balaban J connectivity index is 2.80. The van der Waals surface area contributed by atoms with Gasteiger partial charge in [-0.25, -0.2) is 8.78 Å². The lowest BCUT2D eigenvalue weighted by atomic mass is 9.55. The van der Waals surface area contributed by atoms with Gasteiger partial charge in [-0.05, 0) is 35.6 Å². The molecule has 0 aromatic heterocycles. The van der Waals surface area contributed by atoms with E-state index in [0.29, 0.717) is 16.8 Å². The van der Waals surface area contributed by atoms with Gasteiger partial charge in [0, 0.05) is 0 Å². The second kappa shape index (κ2) is 7.93. The van der Waals surface area contributed by atoms with Crippen LogP contribution in [0.2, 0.25) is 5.82 Å². The SMILES string of the molecule is C=C/C(=C(F)\C(F)=C/B(I)C1CCC(C)(C)CC1)C(C)C. The molecule has 118 valence electrons. The molecule has 0 spiro atoms. The summed E-state index contributed by atoms with van der Waals surface area (Å²) in [6.07, 6.45) is 5.92. The average Bonchev–Trinajstić information content (AvgIpc) is 2.38. The van der Waals surface area contributed by atoms with E-state index in [0.717, 1.165) is 25.7 Å². The van der Waals surface area contributed by atoms with Crippen molar-refractivity contribution >= 4 is 26.9 Å². The van der Waals surface area contributed by atoms with Crippen molar-refractivity contribution in [3.63, 3.8) is 0 Å². The summed E-state index contributed by atoms with van der Waals surface area (Å²) in [5.74, 6) is 0.346. The van der Waals surface area contributed by atoms with Crippen LogP contribution in [0.15, 0.2) is 35.9 Å². The topological polar surface area (TPSA) is 0 Å². The van der Waals surface area contributed by atoms with E-state index < -0.39 is 11.7 Å². The molecule has 0 amide bonds. The minimum Gasteiger partial charge on any atom is -0.205 e. The molecule has 0 heterocycles. The summed E-state index contributed by atoms with van der Waals surface area (Å²) in [4.78, 5) is 0. The summed E-state index contributed by atoms with van der Waals surface area (Å²) in [6, 6.07) is 0. The standard InChI is InChI=1S/C17H26BF2I/c1-6-14(12(2)3)16(20)15(19)11-18(21)13-7-9-17(4,5)10-8-13/h6,11-13H,1,7-10H2,2-5H3/b15-11+,16-14-. The van der Waals surface area contributed by atoms with E-state index in [9.17, 15) is 8.78 Å². The first-order valence-electron chi connectivity index (χ1n) is 7.72. The van der Waals surface area contributed by atoms with Gasteiger partial charge in [-0.3, -0.25) is 0 Å². The highest BCUT2D eigenvalue weighted by atomic mass is 127. The van der Waals surface area contributed by atoms with Crippen molar-refractivity contribution < 1.29 is 8.78 Å². The van der Waals surface area contributed by atoms with E-state index in [1.807, 2.05) is 13.8 Å². The zero-order chi connectivity index (χ0) is 16.2. The van der Waals surface area contributed by atoms with Gasteiger partial charge in [0.15, 0.2) is 5.83 Å². The van der Waals surface area contributed by atoms with Gasteiger partial charge in [-0.2, -0.15) is 0 Å². The molecule has 0 aliphatic heterocycles. The van der Waals surface area contributed by atoms with Crippen molar-refractivity contribution in [1.29, 1.82) is 0 Å². The summed E-state index contributed by atoms with van der Waals surface area (Å²) in [6.45, 7) is 11.8. The second-order valence-corrected chi connectivity index (χ2v) is 8.53. The maximum Gasteiger partial charge on any atom is 0.248 e. The van der Waals surface area contributed by atoms with E-state index in [2.05, 4.69) is 42.8 Å². The first-order chi connectivity index (χ1) is 9.68. The van der Waals surface area contributed by atoms with Gasteiger partial charge in [-0.1, -0.05) is 59.2 Å². The van der Waals surface area contributed by atoms with Crippen LogP contribution in [-0.4, -0.2) is 4.57 Å². The fourth-order valence-electron chi connectivity index (χ4n) is 2.81. The van der Waals surface area contributed by atoms with E-state index in [1.165, 1.54) is 12.1 Å². The molecular formula is C17H26BF2I. The number of rotatable bonds is 5. The van der Waals surface area contributed by atoms with Gasteiger partial charge < -0.3 is 0 Å². The molecule has 0 radical (unpaired) electrons. The smallest absolute Gasteiger partial charge is 0.205 e. The zero-order valence-corrected chi connectivity index (χ0v) is 15.7. The van der Waals surface area contributed by atoms with Crippen LogP contribution in [0.3, 0.4) is 0 Å². The minimum atomic E-state index is -0.752. The largest absolute Gasteiger partial charge is 0.248 e. The molecule has 1 saturated carbocycles. The molecule has 21 heavy (non-hydrogen) atoms. The molecule has 1 aliphatic carbocycles. The Kier molecular flexibility index (Phi) is 7.15. The Morgan fingerprint density at radius 1 is 1.29 bits per heavy atom.